The van der Waals surface area contributed by atoms with Crippen LogP contribution in [-0.4, -0.2) is 44.9 Å². The first kappa shape index (κ1) is 14.5. The number of rotatable bonds is 3. The molecule has 2 aromatic rings. The molecule has 1 aliphatic heterocycles. The minimum Gasteiger partial charge on any atom is -0.394 e. The number of aliphatic hydroxyl groups excluding tert-OH is 1. The number of nitrogens with zero attached hydrogens (tertiary/aromatic N) is 3. The van der Waals surface area contributed by atoms with Gasteiger partial charge in [-0.15, -0.1) is 0 Å². The standard InChI is InChI=1S/C16H17N3O3/c1-11-13-6-2-3-7-14(13)16(22)19(17-11)9-15(21)18-8-4-5-12(18)10-20/h2-7,12,20H,8-10H2,1H3/t12-/m1/s1. The van der Waals surface area contributed by atoms with Crippen LogP contribution in [0, 0.1) is 6.92 Å². The van der Waals surface area contributed by atoms with Crippen molar-refractivity contribution in [3.8, 4) is 0 Å². The minimum atomic E-state index is -0.315. The van der Waals surface area contributed by atoms with Crippen molar-refractivity contribution in [3.63, 3.8) is 0 Å². The van der Waals surface area contributed by atoms with E-state index in [1.807, 2.05) is 25.1 Å². The molecule has 1 aromatic heterocycles. The smallest absolute Gasteiger partial charge is 0.275 e. The molecule has 0 saturated heterocycles. The minimum absolute atomic E-state index is 0.122. The van der Waals surface area contributed by atoms with Gasteiger partial charge in [-0.05, 0) is 13.0 Å². The Bertz CT molecular complexity index is 810. The Labute approximate surface area is 127 Å². The summed E-state index contributed by atoms with van der Waals surface area (Å²) in [5, 5.41) is 14.9. The van der Waals surface area contributed by atoms with Crippen LogP contribution in [0.1, 0.15) is 5.69 Å². The topological polar surface area (TPSA) is 75.4 Å². The summed E-state index contributed by atoms with van der Waals surface area (Å²) >= 11 is 0. The van der Waals surface area contributed by atoms with Gasteiger partial charge in [0.05, 0.1) is 23.7 Å². The Morgan fingerprint density at radius 2 is 2.09 bits per heavy atom. The number of fused-ring (bicyclic) bond motifs is 1. The van der Waals surface area contributed by atoms with Crippen LogP contribution < -0.4 is 5.56 Å². The Morgan fingerprint density at radius 3 is 2.82 bits per heavy atom. The molecule has 6 heteroatoms. The molecule has 0 aliphatic carbocycles. The molecule has 0 unspecified atom stereocenters. The highest BCUT2D eigenvalue weighted by atomic mass is 16.3. The number of aromatic nitrogens is 2. The largest absolute Gasteiger partial charge is 0.394 e. The van der Waals surface area contributed by atoms with E-state index in [1.54, 1.807) is 23.1 Å². The maximum Gasteiger partial charge on any atom is 0.275 e. The number of aliphatic hydroxyl groups is 1. The third-order valence-corrected chi connectivity index (χ3v) is 3.91. The molecule has 0 saturated carbocycles. The molecule has 1 aliphatic rings. The van der Waals surface area contributed by atoms with Crippen LogP contribution in [0.2, 0.25) is 0 Å². The normalized spacial score (nSPS) is 17.4. The van der Waals surface area contributed by atoms with Crippen molar-refractivity contribution >= 4 is 16.7 Å². The summed E-state index contributed by atoms with van der Waals surface area (Å²) in [6.07, 6.45) is 3.63. The van der Waals surface area contributed by atoms with E-state index in [0.717, 1.165) is 5.39 Å². The van der Waals surface area contributed by atoms with Crippen molar-refractivity contribution in [2.24, 2.45) is 0 Å². The highest BCUT2D eigenvalue weighted by molar-refractivity contribution is 5.84. The van der Waals surface area contributed by atoms with Gasteiger partial charge < -0.3 is 10.0 Å². The van der Waals surface area contributed by atoms with Gasteiger partial charge in [0, 0.05) is 11.9 Å². The van der Waals surface area contributed by atoms with E-state index in [0.29, 0.717) is 17.6 Å². The first-order valence-corrected chi connectivity index (χ1v) is 7.15. The second-order valence-corrected chi connectivity index (χ2v) is 5.32. The number of carbonyl (C=O) groups excluding carboxylic acids is 1. The van der Waals surface area contributed by atoms with Crippen molar-refractivity contribution < 1.29 is 9.90 Å². The third kappa shape index (κ3) is 2.42. The maximum absolute atomic E-state index is 12.4. The molecule has 1 aromatic carbocycles. The van der Waals surface area contributed by atoms with Crippen LogP contribution >= 0.6 is 0 Å². The summed E-state index contributed by atoms with van der Waals surface area (Å²) in [6.45, 7) is 2.02. The first-order valence-electron chi connectivity index (χ1n) is 7.15. The van der Waals surface area contributed by atoms with Crippen molar-refractivity contribution in [1.82, 2.24) is 14.7 Å². The number of benzene rings is 1. The zero-order chi connectivity index (χ0) is 15.7. The molecule has 1 amide bonds. The molecule has 3 rings (SSSR count). The van der Waals surface area contributed by atoms with E-state index in [-0.39, 0.29) is 30.7 Å². The van der Waals surface area contributed by atoms with E-state index in [9.17, 15) is 14.7 Å². The molecule has 0 bridgehead atoms. The number of hydrogen-bond donors (Lipinski definition) is 1. The summed E-state index contributed by atoms with van der Waals surface area (Å²) in [7, 11) is 0. The summed E-state index contributed by atoms with van der Waals surface area (Å²) in [5.74, 6) is -0.228. The molecule has 0 spiro atoms. The highest BCUT2D eigenvalue weighted by Gasteiger charge is 2.24. The van der Waals surface area contributed by atoms with Gasteiger partial charge in [-0.25, -0.2) is 4.68 Å². The van der Waals surface area contributed by atoms with Crippen molar-refractivity contribution in [1.29, 1.82) is 0 Å². The average Bonchev–Trinajstić information content (AvgIpc) is 3.01. The first-order chi connectivity index (χ1) is 10.6. The van der Waals surface area contributed by atoms with Gasteiger partial charge in [-0.2, -0.15) is 5.10 Å². The molecule has 0 fully saturated rings. The summed E-state index contributed by atoms with van der Waals surface area (Å²) in [5.41, 5.74) is 0.434. The number of hydrogen-bond acceptors (Lipinski definition) is 4. The zero-order valence-electron chi connectivity index (χ0n) is 12.3. The molecule has 2 heterocycles. The monoisotopic (exact) mass is 299 g/mol. The van der Waals surface area contributed by atoms with Gasteiger partial charge in [0.1, 0.15) is 6.54 Å². The fraction of sp³-hybridized carbons (Fsp3) is 0.312. The Hall–Kier alpha value is -2.47. The summed E-state index contributed by atoms with van der Waals surface area (Å²) < 4.78 is 1.20. The Balaban J connectivity index is 1.93. The summed E-state index contributed by atoms with van der Waals surface area (Å²) in [6, 6.07) is 6.91. The summed E-state index contributed by atoms with van der Waals surface area (Å²) in [4.78, 5) is 26.3. The molecule has 6 nitrogen and oxygen atoms in total. The quantitative estimate of drug-likeness (QED) is 0.836. The van der Waals surface area contributed by atoms with Crippen molar-refractivity contribution in [2.75, 3.05) is 13.2 Å². The van der Waals surface area contributed by atoms with E-state index in [2.05, 4.69) is 5.10 Å². The fourth-order valence-electron chi connectivity index (χ4n) is 2.75. The van der Waals surface area contributed by atoms with Gasteiger partial charge in [0.25, 0.3) is 5.56 Å². The molecular formula is C16H17N3O3. The van der Waals surface area contributed by atoms with Crippen LogP contribution in [0.25, 0.3) is 10.8 Å². The Morgan fingerprint density at radius 1 is 1.36 bits per heavy atom. The lowest BCUT2D eigenvalue weighted by atomic mass is 10.1. The molecule has 0 radical (unpaired) electrons. The van der Waals surface area contributed by atoms with E-state index >= 15 is 0 Å². The third-order valence-electron chi connectivity index (χ3n) is 3.91. The average molecular weight is 299 g/mol. The predicted molar refractivity (Wildman–Crippen MR) is 82.5 cm³/mol. The predicted octanol–water partition coefficient (Wildman–Crippen LogP) is 0.464. The van der Waals surface area contributed by atoms with Crippen LogP contribution in [0.3, 0.4) is 0 Å². The van der Waals surface area contributed by atoms with Gasteiger partial charge in [-0.1, -0.05) is 30.4 Å². The molecule has 1 N–H and O–H groups in total. The van der Waals surface area contributed by atoms with Crippen LogP contribution in [0.15, 0.2) is 41.2 Å². The second-order valence-electron chi connectivity index (χ2n) is 5.32. The van der Waals surface area contributed by atoms with Gasteiger partial charge in [0.15, 0.2) is 0 Å². The molecule has 22 heavy (non-hydrogen) atoms. The lowest BCUT2D eigenvalue weighted by molar-refractivity contribution is -0.133. The SMILES string of the molecule is Cc1nn(CC(=O)N2CC=C[C@@H]2CO)c(=O)c2ccccc12. The van der Waals surface area contributed by atoms with Gasteiger partial charge in [0.2, 0.25) is 5.91 Å². The number of amides is 1. The van der Waals surface area contributed by atoms with E-state index in [1.165, 1.54) is 4.68 Å². The van der Waals surface area contributed by atoms with E-state index < -0.39 is 0 Å². The van der Waals surface area contributed by atoms with Crippen LogP contribution in [0.4, 0.5) is 0 Å². The molecular weight excluding hydrogens is 282 g/mol. The van der Waals surface area contributed by atoms with Crippen molar-refractivity contribution in [3.05, 3.63) is 52.5 Å². The van der Waals surface area contributed by atoms with Crippen LogP contribution in [-0.2, 0) is 11.3 Å². The van der Waals surface area contributed by atoms with E-state index in [4.69, 9.17) is 0 Å². The second kappa shape index (κ2) is 5.73. The zero-order valence-corrected chi connectivity index (χ0v) is 12.3. The lowest BCUT2D eigenvalue weighted by Gasteiger charge is -2.23. The lowest BCUT2D eigenvalue weighted by Crippen LogP contribution is -2.42. The number of carbonyl (C=O) groups is 1. The van der Waals surface area contributed by atoms with Crippen molar-refractivity contribution in [2.45, 2.75) is 19.5 Å². The fourth-order valence-corrected chi connectivity index (χ4v) is 2.75. The molecule has 1 atom stereocenters. The van der Waals surface area contributed by atoms with Crippen LogP contribution in [0.5, 0.6) is 0 Å². The Kier molecular flexibility index (Phi) is 3.77. The maximum atomic E-state index is 12.4. The van der Waals surface area contributed by atoms with Gasteiger partial charge in [-0.3, -0.25) is 9.59 Å². The highest BCUT2D eigenvalue weighted by Crippen LogP contribution is 2.13. The van der Waals surface area contributed by atoms with Gasteiger partial charge >= 0.3 is 0 Å². The molecule has 114 valence electrons. The number of aryl methyl sites for hydroxylation is 1.